The summed E-state index contributed by atoms with van der Waals surface area (Å²) in [4.78, 5) is 10.4. The van der Waals surface area contributed by atoms with Gasteiger partial charge in [0.25, 0.3) is 0 Å². The van der Waals surface area contributed by atoms with E-state index in [1.54, 1.807) is 0 Å². The van der Waals surface area contributed by atoms with E-state index in [1.165, 1.54) is 0 Å². The minimum Gasteiger partial charge on any atom is -0.352 e. The molecule has 1 fully saturated rings. The van der Waals surface area contributed by atoms with Crippen LogP contribution in [0.3, 0.4) is 0 Å². The molecule has 1 atom stereocenters. The first-order chi connectivity index (χ1) is 3.79. The Bertz CT molecular complexity index is 93.5. The molecule has 0 radical (unpaired) electrons. The van der Waals surface area contributed by atoms with Crippen molar-refractivity contribution in [3.05, 3.63) is 0 Å². The molecule has 1 aliphatic rings. The molecule has 0 aliphatic carbocycles. The first kappa shape index (κ1) is 5.53. The standard InChI is InChI=1S/C4H9N3O/c5-3-1-7-4(8)2-6-3/h3,6H,1-2,5H2,(H,7,8)/t3-/m0/s1. The maximum Gasteiger partial charge on any atom is 0.234 e. The topological polar surface area (TPSA) is 67.1 Å². The number of nitrogens with one attached hydrogen (secondary N) is 2. The summed E-state index contributed by atoms with van der Waals surface area (Å²) in [6.07, 6.45) is -0.0623. The highest BCUT2D eigenvalue weighted by atomic mass is 16.2. The first-order valence-corrected chi connectivity index (χ1v) is 2.55. The minimum absolute atomic E-state index is 0.0201. The summed E-state index contributed by atoms with van der Waals surface area (Å²) in [6.45, 7) is 0.889. The van der Waals surface area contributed by atoms with Gasteiger partial charge in [-0.15, -0.1) is 0 Å². The monoisotopic (exact) mass is 115 g/mol. The van der Waals surface area contributed by atoms with E-state index < -0.39 is 0 Å². The summed E-state index contributed by atoms with van der Waals surface area (Å²) in [5, 5.41) is 5.40. The molecule has 1 rings (SSSR count). The molecule has 0 aromatic heterocycles. The Morgan fingerprint density at radius 2 is 2.50 bits per heavy atom. The maximum atomic E-state index is 10.4. The summed E-state index contributed by atoms with van der Waals surface area (Å²) in [6, 6.07) is 0. The maximum absolute atomic E-state index is 10.4. The molecule has 46 valence electrons. The van der Waals surface area contributed by atoms with Gasteiger partial charge in [0.15, 0.2) is 0 Å². The van der Waals surface area contributed by atoms with Crippen LogP contribution >= 0.6 is 0 Å². The Hall–Kier alpha value is -0.610. The van der Waals surface area contributed by atoms with Gasteiger partial charge in [-0.2, -0.15) is 0 Å². The third kappa shape index (κ3) is 1.18. The van der Waals surface area contributed by atoms with Crippen molar-refractivity contribution in [3.63, 3.8) is 0 Å². The molecule has 1 saturated heterocycles. The van der Waals surface area contributed by atoms with Gasteiger partial charge in [0.05, 0.1) is 12.7 Å². The lowest BCUT2D eigenvalue weighted by molar-refractivity contribution is -0.121. The predicted octanol–water partition coefficient (Wildman–Crippen LogP) is -2.01. The average molecular weight is 115 g/mol. The van der Waals surface area contributed by atoms with Crippen molar-refractivity contribution < 1.29 is 4.79 Å². The van der Waals surface area contributed by atoms with E-state index in [4.69, 9.17) is 5.73 Å². The summed E-state index contributed by atoms with van der Waals surface area (Å²) in [5.74, 6) is 0.0201. The highest BCUT2D eigenvalue weighted by molar-refractivity contribution is 5.78. The lowest BCUT2D eigenvalue weighted by atomic mass is 10.4. The zero-order valence-electron chi connectivity index (χ0n) is 4.48. The van der Waals surface area contributed by atoms with Crippen molar-refractivity contribution >= 4 is 5.91 Å². The van der Waals surface area contributed by atoms with E-state index in [9.17, 15) is 4.79 Å². The molecular weight excluding hydrogens is 106 g/mol. The number of nitrogens with two attached hydrogens (primary N) is 1. The lowest BCUT2D eigenvalue weighted by Crippen LogP contribution is -2.55. The van der Waals surface area contributed by atoms with Crippen molar-refractivity contribution in [2.24, 2.45) is 5.73 Å². The van der Waals surface area contributed by atoms with Crippen LogP contribution in [0.2, 0.25) is 0 Å². The number of hydrogen-bond donors (Lipinski definition) is 3. The molecule has 0 spiro atoms. The van der Waals surface area contributed by atoms with E-state index in [0.717, 1.165) is 0 Å². The molecule has 1 heterocycles. The second kappa shape index (κ2) is 2.11. The van der Waals surface area contributed by atoms with E-state index in [-0.39, 0.29) is 12.1 Å². The Morgan fingerprint density at radius 1 is 1.75 bits per heavy atom. The molecule has 0 aromatic rings. The number of hydrogen-bond acceptors (Lipinski definition) is 3. The minimum atomic E-state index is -0.0623. The van der Waals surface area contributed by atoms with Gasteiger partial charge in [-0.3, -0.25) is 10.1 Å². The normalized spacial score (nSPS) is 29.6. The molecule has 8 heavy (non-hydrogen) atoms. The van der Waals surface area contributed by atoms with Gasteiger partial charge in [0, 0.05) is 6.54 Å². The van der Waals surface area contributed by atoms with Crippen LogP contribution in [0.25, 0.3) is 0 Å². The fraction of sp³-hybridized carbons (Fsp3) is 0.750. The largest absolute Gasteiger partial charge is 0.352 e. The van der Waals surface area contributed by atoms with Crippen molar-refractivity contribution in [2.75, 3.05) is 13.1 Å². The Morgan fingerprint density at radius 3 is 2.88 bits per heavy atom. The van der Waals surface area contributed by atoms with Gasteiger partial charge < -0.3 is 11.1 Å². The van der Waals surface area contributed by atoms with Crippen LogP contribution in [0.1, 0.15) is 0 Å². The SMILES string of the molecule is N[C@@H]1CNC(=O)CN1. The molecule has 0 unspecified atom stereocenters. The molecule has 0 aromatic carbocycles. The number of piperazine rings is 1. The molecule has 1 amide bonds. The van der Waals surface area contributed by atoms with E-state index >= 15 is 0 Å². The second-order valence-electron chi connectivity index (χ2n) is 1.79. The fourth-order valence-corrected chi connectivity index (χ4v) is 0.582. The van der Waals surface area contributed by atoms with Gasteiger partial charge in [0.2, 0.25) is 5.91 Å². The van der Waals surface area contributed by atoms with Crippen LogP contribution in [0.5, 0.6) is 0 Å². The van der Waals surface area contributed by atoms with Gasteiger partial charge in [-0.1, -0.05) is 0 Å². The smallest absolute Gasteiger partial charge is 0.234 e. The van der Waals surface area contributed by atoms with Crippen molar-refractivity contribution in [1.29, 1.82) is 0 Å². The zero-order valence-corrected chi connectivity index (χ0v) is 4.48. The highest BCUT2D eigenvalue weighted by Gasteiger charge is 2.11. The van der Waals surface area contributed by atoms with Crippen molar-refractivity contribution in [2.45, 2.75) is 6.17 Å². The van der Waals surface area contributed by atoms with Crippen LogP contribution < -0.4 is 16.4 Å². The van der Waals surface area contributed by atoms with Crippen molar-refractivity contribution in [1.82, 2.24) is 10.6 Å². The van der Waals surface area contributed by atoms with E-state index in [2.05, 4.69) is 10.6 Å². The van der Waals surface area contributed by atoms with E-state index in [0.29, 0.717) is 13.1 Å². The Balaban J connectivity index is 2.29. The number of rotatable bonds is 0. The summed E-state index contributed by atoms with van der Waals surface area (Å²) in [5.41, 5.74) is 5.37. The number of carbonyl (C=O) groups excluding carboxylic acids is 1. The highest BCUT2D eigenvalue weighted by Crippen LogP contribution is 1.76. The van der Waals surface area contributed by atoms with Crippen LogP contribution in [0.4, 0.5) is 0 Å². The van der Waals surface area contributed by atoms with Crippen molar-refractivity contribution in [3.8, 4) is 0 Å². The quantitative estimate of drug-likeness (QED) is 0.342. The first-order valence-electron chi connectivity index (χ1n) is 2.55. The number of amides is 1. The predicted molar refractivity (Wildman–Crippen MR) is 29.0 cm³/mol. The molecule has 0 saturated carbocycles. The third-order valence-electron chi connectivity index (χ3n) is 1.04. The summed E-state index contributed by atoms with van der Waals surface area (Å²) in [7, 11) is 0. The van der Waals surface area contributed by atoms with Crippen LogP contribution in [-0.2, 0) is 4.79 Å². The van der Waals surface area contributed by atoms with Crippen LogP contribution in [-0.4, -0.2) is 25.2 Å². The molecule has 4 heteroatoms. The average Bonchev–Trinajstić information content (AvgIpc) is 1.77. The zero-order chi connectivity index (χ0) is 5.98. The van der Waals surface area contributed by atoms with Gasteiger partial charge in [0.1, 0.15) is 0 Å². The molecular formula is C4H9N3O. The molecule has 1 aliphatic heterocycles. The van der Waals surface area contributed by atoms with Gasteiger partial charge in [-0.25, -0.2) is 0 Å². The molecule has 4 N–H and O–H groups in total. The van der Waals surface area contributed by atoms with Gasteiger partial charge in [-0.05, 0) is 0 Å². The molecule has 0 bridgehead atoms. The number of carbonyl (C=O) groups is 1. The fourth-order valence-electron chi connectivity index (χ4n) is 0.582. The van der Waals surface area contributed by atoms with Gasteiger partial charge >= 0.3 is 0 Å². The Kier molecular flexibility index (Phi) is 1.45. The molecule has 4 nitrogen and oxygen atoms in total. The third-order valence-corrected chi connectivity index (χ3v) is 1.04. The second-order valence-corrected chi connectivity index (χ2v) is 1.79. The summed E-state index contributed by atoms with van der Waals surface area (Å²) < 4.78 is 0. The summed E-state index contributed by atoms with van der Waals surface area (Å²) >= 11 is 0. The lowest BCUT2D eigenvalue weighted by Gasteiger charge is -2.19. The van der Waals surface area contributed by atoms with Crippen LogP contribution in [0.15, 0.2) is 0 Å². The van der Waals surface area contributed by atoms with Crippen LogP contribution in [0, 0.1) is 0 Å². The Labute approximate surface area is 47.4 Å². The van der Waals surface area contributed by atoms with E-state index in [1.807, 2.05) is 0 Å².